The summed E-state index contributed by atoms with van der Waals surface area (Å²) in [7, 11) is 2.79. The van der Waals surface area contributed by atoms with Gasteiger partial charge in [0, 0.05) is 24.5 Å². The number of carbonyl (C=O) groups excluding carboxylic acids is 2. The Kier molecular flexibility index (Phi) is 9.11. The Morgan fingerprint density at radius 1 is 1.00 bits per heavy atom. The number of thiazole rings is 1. The summed E-state index contributed by atoms with van der Waals surface area (Å²) in [5.74, 6) is -0.183. The van der Waals surface area contributed by atoms with E-state index in [0.29, 0.717) is 31.0 Å². The molecule has 4 aromatic rings. The largest absolute Gasteiger partial charge is 0.492 e. The molecule has 0 spiro atoms. The van der Waals surface area contributed by atoms with Crippen LogP contribution >= 0.6 is 11.3 Å². The molecular weight excluding hydrogens is 518 g/mol. The highest BCUT2D eigenvalue weighted by Gasteiger charge is 2.20. The minimum absolute atomic E-state index is 0.0714. The van der Waals surface area contributed by atoms with Crippen molar-refractivity contribution in [2.45, 2.75) is 25.9 Å². The average molecular weight is 548 g/mol. The van der Waals surface area contributed by atoms with Crippen LogP contribution in [0.15, 0.2) is 82.7 Å². The highest BCUT2D eigenvalue weighted by Crippen LogP contribution is 2.22. The standard InChI is InChI=1S/C29H29N3O6S/c1-19(33)30-24(28(34)36-2)17-20-9-12-23(13-10-20)38-16-15-32-25-14-11-22(18-26(25)39-29(32)35)27(31-37-3)21-7-5-4-6-8-21/h4-14,18,24H,15-17H2,1-3H3,(H,30,33)/b31-27+. The predicted molar refractivity (Wildman–Crippen MR) is 150 cm³/mol. The lowest BCUT2D eigenvalue weighted by atomic mass is 10.0. The third kappa shape index (κ3) is 6.91. The summed E-state index contributed by atoms with van der Waals surface area (Å²) in [6.45, 7) is 2.03. The van der Waals surface area contributed by atoms with E-state index in [-0.39, 0.29) is 10.8 Å². The molecule has 0 aliphatic carbocycles. The van der Waals surface area contributed by atoms with Gasteiger partial charge < -0.3 is 19.6 Å². The molecule has 0 fully saturated rings. The second-order valence-corrected chi connectivity index (χ2v) is 9.66. The first kappa shape index (κ1) is 27.6. The topological polar surface area (TPSA) is 108 Å². The molecule has 1 N–H and O–H groups in total. The molecule has 3 aromatic carbocycles. The van der Waals surface area contributed by atoms with Crippen LogP contribution in [0.3, 0.4) is 0 Å². The van der Waals surface area contributed by atoms with Crippen LogP contribution in [-0.4, -0.2) is 49.0 Å². The first-order chi connectivity index (χ1) is 18.9. The quantitative estimate of drug-likeness (QED) is 0.174. The Balaban J connectivity index is 1.42. The number of nitrogens with zero attached hydrogens (tertiary/aromatic N) is 2. The summed E-state index contributed by atoms with van der Waals surface area (Å²) in [5.41, 5.74) is 4.13. The first-order valence-corrected chi connectivity index (χ1v) is 13.1. The second kappa shape index (κ2) is 12.9. The molecule has 9 nitrogen and oxygen atoms in total. The Hall–Kier alpha value is -4.44. The molecule has 0 saturated carbocycles. The van der Waals surface area contributed by atoms with Crippen molar-refractivity contribution in [2.24, 2.45) is 5.16 Å². The number of carbonyl (C=O) groups is 2. The zero-order chi connectivity index (χ0) is 27.8. The van der Waals surface area contributed by atoms with Gasteiger partial charge in [-0.25, -0.2) is 4.79 Å². The fourth-order valence-corrected chi connectivity index (χ4v) is 5.13. The Morgan fingerprint density at radius 2 is 1.74 bits per heavy atom. The van der Waals surface area contributed by atoms with Crippen LogP contribution in [0.1, 0.15) is 23.6 Å². The number of ether oxygens (including phenoxy) is 2. The molecule has 1 unspecified atom stereocenters. The lowest BCUT2D eigenvalue weighted by Gasteiger charge is -2.15. The van der Waals surface area contributed by atoms with Gasteiger partial charge in [0.2, 0.25) is 5.91 Å². The third-order valence-electron chi connectivity index (χ3n) is 5.98. The minimum atomic E-state index is -0.761. The number of benzene rings is 3. The van der Waals surface area contributed by atoms with E-state index in [9.17, 15) is 14.4 Å². The van der Waals surface area contributed by atoms with E-state index in [2.05, 4.69) is 10.5 Å². The number of nitrogens with one attached hydrogen (secondary N) is 1. The molecule has 0 aliphatic rings. The normalized spacial score (nSPS) is 12.1. The number of esters is 1. The summed E-state index contributed by atoms with van der Waals surface area (Å²) < 4.78 is 13.2. The van der Waals surface area contributed by atoms with Crippen molar-refractivity contribution in [3.05, 3.63) is 99.2 Å². The highest BCUT2D eigenvalue weighted by molar-refractivity contribution is 7.16. The zero-order valence-corrected chi connectivity index (χ0v) is 22.7. The van der Waals surface area contributed by atoms with E-state index < -0.39 is 12.0 Å². The van der Waals surface area contributed by atoms with Crippen LogP contribution in [-0.2, 0) is 32.1 Å². The Labute approximate surface area is 229 Å². The van der Waals surface area contributed by atoms with E-state index in [1.807, 2.05) is 60.7 Å². The number of oxime groups is 1. The summed E-state index contributed by atoms with van der Waals surface area (Å²) in [6, 6.07) is 22.0. The summed E-state index contributed by atoms with van der Waals surface area (Å²) in [4.78, 5) is 41.1. The Bertz CT molecular complexity index is 1530. The van der Waals surface area contributed by atoms with Crippen molar-refractivity contribution in [1.29, 1.82) is 0 Å². The maximum absolute atomic E-state index is 12.8. The van der Waals surface area contributed by atoms with Gasteiger partial charge in [0.15, 0.2) is 0 Å². The monoisotopic (exact) mass is 547 g/mol. The van der Waals surface area contributed by atoms with Crippen molar-refractivity contribution in [1.82, 2.24) is 9.88 Å². The van der Waals surface area contributed by atoms with E-state index in [1.54, 1.807) is 16.7 Å². The minimum Gasteiger partial charge on any atom is -0.492 e. The van der Waals surface area contributed by atoms with E-state index >= 15 is 0 Å². The van der Waals surface area contributed by atoms with Gasteiger partial charge in [-0.3, -0.25) is 14.2 Å². The number of rotatable bonds is 11. The lowest BCUT2D eigenvalue weighted by molar-refractivity contribution is -0.144. The van der Waals surface area contributed by atoms with Gasteiger partial charge in [-0.1, -0.05) is 65.0 Å². The Morgan fingerprint density at radius 3 is 2.41 bits per heavy atom. The summed E-state index contributed by atoms with van der Waals surface area (Å²) >= 11 is 1.17. The van der Waals surface area contributed by atoms with Crippen molar-refractivity contribution < 1.29 is 23.9 Å². The highest BCUT2D eigenvalue weighted by atomic mass is 32.1. The van der Waals surface area contributed by atoms with E-state index in [1.165, 1.54) is 32.5 Å². The smallest absolute Gasteiger partial charge is 0.328 e. The summed E-state index contributed by atoms with van der Waals surface area (Å²) in [6.07, 6.45) is 0.298. The molecule has 4 rings (SSSR count). The fraction of sp³-hybridized carbons (Fsp3) is 0.241. The van der Waals surface area contributed by atoms with Crippen LogP contribution in [0.4, 0.5) is 0 Å². The van der Waals surface area contributed by atoms with Crippen LogP contribution in [0, 0.1) is 0 Å². The van der Waals surface area contributed by atoms with Crippen LogP contribution in [0.25, 0.3) is 10.2 Å². The molecule has 1 atom stereocenters. The summed E-state index contributed by atoms with van der Waals surface area (Å²) in [5, 5.41) is 6.80. The molecule has 0 saturated heterocycles. The maximum atomic E-state index is 12.8. The molecule has 0 aliphatic heterocycles. The predicted octanol–water partition coefficient (Wildman–Crippen LogP) is 3.76. The third-order valence-corrected chi connectivity index (χ3v) is 6.92. The van der Waals surface area contributed by atoms with Crippen LogP contribution in [0.5, 0.6) is 5.75 Å². The van der Waals surface area contributed by atoms with E-state index in [0.717, 1.165) is 26.9 Å². The van der Waals surface area contributed by atoms with Crippen molar-refractivity contribution in [3.63, 3.8) is 0 Å². The first-order valence-electron chi connectivity index (χ1n) is 12.3. The fourth-order valence-electron chi connectivity index (χ4n) is 4.18. The van der Waals surface area contributed by atoms with E-state index in [4.69, 9.17) is 14.3 Å². The number of hydrogen-bond donors (Lipinski definition) is 1. The molecule has 1 amide bonds. The van der Waals surface area contributed by atoms with Crippen molar-refractivity contribution in [3.8, 4) is 5.75 Å². The van der Waals surface area contributed by atoms with Gasteiger partial charge in [-0.2, -0.15) is 0 Å². The van der Waals surface area contributed by atoms with Gasteiger partial charge in [0.05, 0.1) is 23.9 Å². The molecule has 1 aromatic heterocycles. The number of fused-ring (bicyclic) bond motifs is 1. The SMILES string of the molecule is CO/N=C(\c1ccccc1)c1ccc2c(c1)sc(=O)n2CCOc1ccc(CC(NC(C)=O)C(=O)OC)cc1. The van der Waals surface area contributed by atoms with Gasteiger partial charge in [0.1, 0.15) is 31.2 Å². The van der Waals surface area contributed by atoms with Gasteiger partial charge in [0.25, 0.3) is 0 Å². The molecule has 0 bridgehead atoms. The molecule has 202 valence electrons. The average Bonchev–Trinajstić information content (AvgIpc) is 3.26. The van der Waals surface area contributed by atoms with Gasteiger partial charge in [-0.05, 0) is 29.8 Å². The number of methoxy groups -OCH3 is 1. The molecule has 0 radical (unpaired) electrons. The lowest BCUT2D eigenvalue weighted by Crippen LogP contribution is -2.41. The molecular formula is C29H29N3O6S. The van der Waals surface area contributed by atoms with Crippen LogP contribution in [0.2, 0.25) is 0 Å². The zero-order valence-electron chi connectivity index (χ0n) is 21.9. The number of amides is 1. The van der Waals surface area contributed by atoms with Crippen molar-refractivity contribution in [2.75, 3.05) is 20.8 Å². The van der Waals surface area contributed by atoms with Crippen molar-refractivity contribution >= 4 is 39.1 Å². The molecule has 10 heteroatoms. The van der Waals surface area contributed by atoms with Gasteiger partial charge in [-0.15, -0.1) is 0 Å². The second-order valence-electron chi connectivity index (χ2n) is 8.66. The van der Waals surface area contributed by atoms with Crippen LogP contribution < -0.4 is 14.9 Å². The van der Waals surface area contributed by atoms with Gasteiger partial charge >= 0.3 is 10.8 Å². The maximum Gasteiger partial charge on any atom is 0.328 e. The number of hydrogen-bond acceptors (Lipinski definition) is 8. The molecule has 1 heterocycles. The number of aromatic nitrogens is 1. The molecule has 39 heavy (non-hydrogen) atoms.